The Kier molecular flexibility index (Phi) is 14.1. The van der Waals surface area contributed by atoms with Crippen LogP contribution < -0.4 is 32.5 Å². The Hall–Kier alpha value is -5.52. The van der Waals surface area contributed by atoms with Crippen LogP contribution in [0.1, 0.15) is 33.4 Å². The summed E-state index contributed by atoms with van der Waals surface area (Å²) >= 11 is 0. The summed E-state index contributed by atoms with van der Waals surface area (Å²) in [6.45, 7) is -0.877. The number of hydrogen-bond acceptors (Lipinski definition) is 0. The first kappa shape index (κ1) is 50.9. The van der Waals surface area contributed by atoms with Crippen molar-refractivity contribution in [2.24, 2.45) is 0 Å². The van der Waals surface area contributed by atoms with Crippen LogP contribution in [0.25, 0.3) is 0 Å². The number of aryl methyl sites for hydroxylation is 6. The second-order valence-electron chi connectivity index (χ2n) is 16.0. The van der Waals surface area contributed by atoms with E-state index in [-0.39, 0.29) is 32.9 Å². The van der Waals surface area contributed by atoms with Gasteiger partial charge in [-0.05, 0) is 93.3 Å². The lowest BCUT2D eigenvalue weighted by molar-refractivity contribution is 0.381. The first-order valence-electron chi connectivity index (χ1n) is 19.3. The molecule has 0 spiro atoms. The topological polar surface area (TPSA) is 0 Å². The van der Waals surface area contributed by atoms with E-state index in [0.717, 1.165) is 0 Å². The van der Waals surface area contributed by atoms with Gasteiger partial charge in [-0.15, -0.1) is 10.9 Å². The third-order valence-electron chi connectivity index (χ3n) is 11.7. The lowest BCUT2D eigenvalue weighted by atomic mass is 9.15. The molecule has 0 radical (unpaired) electrons. The molecule has 0 heterocycles. The van der Waals surface area contributed by atoms with E-state index in [1.165, 1.54) is 52.0 Å². The van der Waals surface area contributed by atoms with E-state index < -0.39 is 171 Å². The van der Waals surface area contributed by atoms with Gasteiger partial charge in [0.25, 0.3) is 0 Å². The second-order valence-corrected chi connectivity index (χ2v) is 18.1. The van der Waals surface area contributed by atoms with Gasteiger partial charge in [0, 0.05) is 0 Å². The van der Waals surface area contributed by atoms with Gasteiger partial charge in [-0.25, -0.2) is 87.8 Å². The molecule has 0 aromatic heterocycles. The van der Waals surface area contributed by atoms with Crippen LogP contribution in [-0.2, 0) is 0 Å². The summed E-state index contributed by atoms with van der Waals surface area (Å²) in [6, 6.07) is 5.76. The maximum absolute atomic E-state index is 16.5. The molecule has 0 saturated carbocycles. The maximum atomic E-state index is 16.5. The number of rotatable bonds is 10. The van der Waals surface area contributed by atoms with Crippen LogP contribution >= 0.6 is 7.92 Å². The van der Waals surface area contributed by atoms with Crippen LogP contribution in [0.2, 0.25) is 5.72 Å². The fourth-order valence-corrected chi connectivity index (χ4v) is 12.8. The molecule has 0 aliphatic rings. The van der Waals surface area contributed by atoms with E-state index in [1.807, 2.05) is 0 Å². The minimum atomic E-state index is -5.48. The van der Waals surface area contributed by atoms with E-state index >= 15 is 70.2 Å². The van der Waals surface area contributed by atoms with Crippen molar-refractivity contribution in [3.8, 4) is 0 Å². The smallest absolute Gasteiger partial charge is 0.200 e. The summed E-state index contributed by atoms with van der Waals surface area (Å²) in [5, 5.41) is 0.00407. The average molecular weight is 987 g/mol. The Labute approximate surface area is 368 Å². The monoisotopic (exact) mass is 987 g/mol. The minimum absolute atomic E-state index is 0.00203. The summed E-state index contributed by atoms with van der Waals surface area (Å²) in [6.07, 6.45) is -1.60. The quantitative estimate of drug-likeness (QED) is 0.0422. The van der Waals surface area contributed by atoms with Crippen LogP contribution in [0.4, 0.5) is 87.8 Å². The van der Waals surface area contributed by atoms with Crippen molar-refractivity contribution in [2.45, 2.75) is 47.3 Å². The first-order valence-corrected chi connectivity index (χ1v) is 20.8. The molecule has 0 bridgehead atoms. The van der Waals surface area contributed by atoms with Gasteiger partial charge in [-0.3, -0.25) is 0 Å². The van der Waals surface area contributed by atoms with Crippen molar-refractivity contribution in [3.63, 3.8) is 0 Å². The maximum Gasteiger partial charge on any atom is 0.200 e. The van der Waals surface area contributed by atoms with E-state index in [0.29, 0.717) is 11.1 Å². The number of halogens is 20. The molecule has 67 heavy (non-hydrogen) atoms. The van der Waals surface area contributed by atoms with Crippen molar-refractivity contribution < 1.29 is 87.8 Å². The standard InChI is InChI=1S/C44H26B2F20P/c1-12-7-14(3)43(15(4)8-12)67(44-16(5)9-13(2)10-17(44)6)11-18(45(19-23(47)31(55)39(63)32(56)24(19)48)20-25(49)33(57)40(64)34(58)26(20)50)46(21-27(51)35(59)41(65)36(60)28(21)52)22-29(53)37(61)42(66)38(62)30(22)54/h7-10,18,45H,11H2,1-6H3/q-1/t18-/m1/s1. The van der Waals surface area contributed by atoms with E-state index in [4.69, 9.17) is 0 Å². The Bertz CT molecular complexity index is 2560. The highest BCUT2D eigenvalue weighted by Crippen LogP contribution is 2.45. The molecule has 23 heteroatoms. The molecule has 0 unspecified atom stereocenters. The molecule has 0 fully saturated rings. The summed E-state index contributed by atoms with van der Waals surface area (Å²) in [5.74, 6) is -62.3. The first-order chi connectivity index (χ1) is 31.1. The molecule has 6 aromatic carbocycles. The van der Waals surface area contributed by atoms with Crippen LogP contribution in [0, 0.1) is 158 Å². The van der Waals surface area contributed by atoms with Gasteiger partial charge in [-0.1, -0.05) is 41.6 Å². The van der Waals surface area contributed by atoms with Gasteiger partial charge in [0.1, 0.15) is 23.3 Å². The highest BCUT2D eigenvalue weighted by atomic mass is 31.1. The van der Waals surface area contributed by atoms with Crippen molar-refractivity contribution in [1.82, 2.24) is 0 Å². The van der Waals surface area contributed by atoms with E-state index in [2.05, 4.69) is 0 Å². The van der Waals surface area contributed by atoms with Crippen molar-refractivity contribution in [3.05, 3.63) is 174 Å². The highest BCUT2D eigenvalue weighted by Gasteiger charge is 2.48. The zero-order valence-corrected chi connectivity index (χ0v) is 35.8. The van der Waals surface area contributed by atoms with Gasteiger partial charge >= 0.3 is 0 Å². The molecule has 6 aromatic rings. The molecule has 6 rings (SSSR count). The van der Waals surface area contributed by atoms with Crippen molar-refractivity contribution in [2.75, 3.05) is 6.16 Å². The molecule has 0 aliphatic heterocycles. The normalized spacial score (nSPS) is 12.3. The molecular weight excluding hydrogens is 961 g/mol. The zero-order valence-electron chi connectivity index (χ0n) is 34.9. The molecule has 0 amide bonds. The van der Waals surface area contributed by atoms with Crippen LogP contribution in [0.15, 0.2) is 24.3 Å². The molecule has 354 valence electrons. The van der Waals surface area contributed by atoms with E-state index in [1.54, 1.807) is 13.8 Å². The van der Waals surface area contributed by atoms with Crippen LogP contribution in [0.3, 0.4) is 0 Å². The Morgan fingerprint density at radius 1 is 0.343 bits per heavy atom. The van der Waals surface area contributed by atoms with Gasteiger partial charge in [0.2, 0.25) is 0 Å². The largest absolute Gasteiger partial charge is 0.207 e. The number of hydrogen-bond donors (Lipinski definition) is 0. The van der Waals surface area contributed by atoms with Crippen molar-refractivity contribution in [1.29, 1.82) is 0 Å². The predicted molar refractivity (Wildman–Crippen MR) is 212 cm³/mol. The fraction of sp³-hybridized carbons (Fsp3) is 0.182. The molecule has 0 aliphatic carbocycles. The Balaban J connectivity index is 2.02. The molecular formula is C44H26B2F20P-. The fourth-order valence-electron chi connectivity index (χ4n) is 9.27. The summed E-state index contributed by atoms with van der Waals surface area (Å²) in [5.41, 5.74) is -12.5. The van der Waals surface area contributed by atoms with Crippen LogP contribution in [0.5, 0.6) is 0 Å². The summed E-state index contributed by atoms with van der Waals surface area (Å²) in [7, 11) is -2.89. The third kappa shape index (κ3) is 8.24. The lowest BCUT2D eigenvalue weighted by Gasteiger charge is -2.43. The van der Waals surface area contributed by atoms with E-state index in [9.17, 15) is 17.6 Å². The van der Waals surface area contributed by atoms with Gasteiger partial charge in [0.05, 0.1) is 6.71 Å². The Morgan fingerprint density at radius 2 is 0.552 bits per heavy atom. The zero-order chi connectivity index (χ0) is 50.3. The SMILES string of the molecule is Cc1cc(C)c(P(C[C@@H](B(c2c(F)c(F)c(F)c(F)c2F)c2c(F)c(F)c(F)c(F)c2F)[BH-](c2c(F)c(F)c(F)c(F)c2F)c2c(F)c(F)c(F)c(F)c2F)c2c(C)cc(C)cc2C)c(C)c1. The number of benzene rings is 6. The highest BCUT2D eigenvalue weighted by molar-refractivity contribution is 7.73. The van der Waals surface area contributed by atoms with Gasteiger partial charge in [-0.2, -0.15) is 5.72 Å². The predicted octanol–water partition coefficient (Wildman–Crippen LogP) is 10.0. The van der Waals surface area contributed by atoms with Crippen molar-refractivity contribution >= 4 is 53.8 Å². The third-order valence-corrected chi connectivity index (χ3v) is 15.0. The average Bonchev–Trinajstić information content (AvgIpc) is 3.26. The molecule has 1 atom stereocenters. The lowest BCUT2D eigenvalue weighted by Crippen LogP contribution is -2.64. The van der Waals surface area contributed by atoms with Crippen LogP contribution in [-0.4, -0.2) is 19.6 Å². The summed E-state index contributed by atoms with van der Waals surface area (Å²) in [4.78, 5) is 0. The molecule has 0 nitrogen and oxygen atoms in total. The summed E-state index contributed by atoms with van der Waals surface area (Å²) < 4.78 is 314. The van der Waals surface area contributed by atoms with Gasteiger partial charge < -0.3 is 0 Å². The molecule has 0 N–H and O–H groups in total. The minimum Gasteiger partial charge on any atom is -0.207 e. The Morgan fingerprint density at radius 3 is 0.791 bits per heavy atom. The van der Waals surface area contributed by atoms with Gasteiger partial charge in [0.15, 0.2) is 99.8 Å². The molecule has 0 saturated heterocycles. The second kappa shape index (κ2) is 18.5.